The van der Waals surface area contributed by atoms with E-state index in [2.05, 4.69) is 92.4 Å². The van der Waals surface area contributed by atoms with E-state index in [1.54, 1.807) is 0 Å². The van der Waals surface area contributed by atoms with E-state index < -0.39 is 0 Å². The maximum Gasteiger partial charge on any atom is 0.162 e. The van der Waals surface area contributed by atoms with Gasteiger partial charge in [-0.05, 0) is 78.7 Å². The molecule has 0 aliphatic heterocycles. The van der Waals surface area contributed by atoms with Crippen LogP contribution in [0.5, 0.6) is 0 Å². The SMILES string of the molecule is Cc1ccc(N(c2ccc(-c3ccncc3)cc2)c2ccc(-c3ncncn3)cc2)cc1. The van der Waals surface area contributed by atoms with E-state index in [-0.39, 0.29) is 0 Å². The van der Waals surface area contributed by atoms with Gasteiger partial charge >= 0.3 is 0 Å². The van der Waals surface area contributed by atoms with Crippen LogP contribution in [0.1, 0.15) is 5.56 Å². The average molecular weight is 416 g/mol. The highest BCUT2D eigenvalue weighted by Gasteiger charge is 2.13. The number of hydrogen-bond acceptors (Lipinski definition) is 5. The number of benzene rings is 3. The van der Waals surface area contributed by atoms with Crippen LogP contribution in [0.25, 0.3) is 22.5 Å². The van der Waals surface area contributed by atoms with Crippen LogP contribution in [-0.2, 0) is 0 Å². The minimum atomic E-state index is 0.662. The zero-order chi connectivity index (χ0) is 21.8. The Morgan fingerprint density at radius 3 is 1.53 bits per heavy atom. The van der Waals surface area contributed by atoms with Crippen molar-refractivity contribution in [3.8, 4) is 22.5 Å². The summed E-state index contributed by atoms with van der Waals surface area (Å²) in [4.78, 5) is 18.7. The van der Waals surface area contributed by atoms with E-state index in [1.807, 2.05) is 36.7 Å². The number of aromatic nitrogens is 4. The van der Waals surface area contributed by atoms with E-state index in [0.29, 0.717) is 5.82 Å². The summed E-state index contributed by atoms with van der Waals surface area (Å²) in [5.74, 6) is 0.662. The maximum absolute atomic E-state index is 4.25. The van der Waals surface area contributed by atoms with Crippen LogP contribution in [0.4, 0.5) is 17.1 Å². The minimum absolute atomic E-state index is 0.662. The Bertz CT molecular complexity index is 1200. The molecule has 0 aliphatic rings. The average Bonchev–Trinajstić information content (AvgIpc) is 2.87. The fraction of sp³-hybridized carbons (Fsp3) is 0.0370. The van der Waals surface area contributed by atoms with Gasteiger partial charge in [-0.15, -0.1) is 0 Å². The zero-order valence-electron chi connectivity index (χ0n) is 17.6. The second kappa shape index (κ2) is 8.78. The van der Waals surface area contributed by atoms with Crippen molar-refractivity contribution >= 4 is 17.1 Å². The van der Waals surface area contributed by atoms with Crippen molar-refractivity contribution in [2.24, 2.45) is 0 Å². The molecule has 5 nitrogen and oxygen atoms in total. The van der Waals surface area contributed by atoms with Gasteiger partial charge in [0.1, 0.15) is 12.7 Å². The lowest BCUT2D eigenvalue weighted by molar-refractivity contribution is 1.06. The number of aryl methyl sites for hydroxylation is 1. The topological polar surface area (TPSA) is 54.8 Å². The number of rotatable bonds is 5. The predicted molar refractivity (Wildman–Crippen MR) is 128 cm³/mol. The largest absolute Gasteiger partial charge is 0.311 e. The number of pyridine rings is 1. The van der Waals surface area contributed by atoms with Gasteiger partial charge in [0.2, 0.25) is 0 Å². The molecule has 2 heterocycles. The van der Waals surface area contributed by atoms with Crippen molar-refractivity contribution < 1.29 is 0 Å². The van der Waals surface area contributed by atoms with Crippen LogP contribution in [0.2, 0.25) is 0 Å². The number of nitrogens with zero attached hydrogens (tertiary/aromatic N) is 5. The quantitative estimate of drug-likeness (QED) is 0.333. The van der Waals surface area contributed by atoms with Crippen molar-refractivity contribution in [1.29, 1.82) is 0 Å². The first-order valence-electron chi connectivity index (χ1n) is 10.4. The van der Waals surface area contributed by atoms with Gasteiger partial charge in [0, 0.05) is 35.0 Å². The molecule has 154 valence electrons. The van der Waals surface area contributed by atoms with Gasteiger partial charge in [0.05, 0.1) is 0 Å². The highest BCUT2D eigenvalue weighted by atomic mass is 15.1. The van der Waals surface area contributed by atoms with Gasteiger partial charge in [-0.1, -0.05) is 29.8 Å². The Kier molecular flexibility index (Phi) is 5.37. The second-order valence-corrected chi connectivity index (χ2v) is 7.46. The summed E-state index contributed by atoms with van der Waals surface area (Å²) in [6.07, 6.45) is 6.66. The molecule has 0 saturated heterocycles. The smallest absolute Gasteiger partial charge is 0.162 e. The van der Waals surface area contributed by atoms with Crippen LogP contribution in [-0.4, -0.2) is 19.9 Å². The molecule has 0 amide bonds. The van der Waals surface area contributed by atoms with Crippen LogP contribution >= 0.6 is 0 Å². The maximum atomic E-state index is 4.25. The lowest BCUT2D eigenvalue weighted by Crippen LogP contribution is -2.09. The summed E-state index contributed by atoms with van der Waals surface area (Å²) in [6, 6.07) is 29.4. The molecule has 32 heavy (non-hydrogen) atoms. The Morgan fingerprint density at radius 2 is 0.969 bits per heavy atom. The van der Waals surface area contributed by atoms with Crippen LogP contribution in [0, 0.1) is 6.92 Å². The van der Waals surface area contributed by atoms with Crippen LogP contribution < -0.4 is 4.90 Å². The van der Waals surface area contributed by atoms with Crippen molar-refractivity contribution in [2.75, 3.05) is 4.90 Å². The Balaban J connectivity index is 1.53. The molecule has 5 heteroatoms. The van der Waals surface area contributed by atoms with Gasteiger partial charge in [0.15, 0.2) is 5.82 Å². The first kappa shape index (κ1) is 19.6. The molecule has 0 bridgehead atoms. The van der Waals surface area contributed by atoms with Gasteiger partial charge in [-0.2, -0.15) is 0 Å². The van der Waals surface area contributed by atoms with E-state index in [4.69, 9.17) is 0 Å². The third kappa shape index (κ3) is 4.09. The summed E-state index contributed by atoms with van der Waals surface area (Å²) in [6.45, 7) is 2.10. The fourth-order valence-corrected chi connectivity index (χ4v) is 3.64. The van der Waals surface area contributed by atoms with Crippen molar-refractivity contribution in [3.63, 3.8) is 0 Å². The number of hydrogen-bond donors (Lipinski definition) is 0. The van der Waals surface area contributed by atoms with Crippen LogP contribution in [0.15, 0.2) is 110 Å². The summed E-state index contributed by atoms with van der Waals surface area (Å²) in [5, 5.41) is 0. The van der Waals surface area contributed by atoms with Crippen LogP contribution in [0.3, 0.4) is 0 Å². The minimum Gasteiger partial charge on any atom is -0.311 e. The molecule has 0 radical (unpaired) electrons. The van der Waals surface area contributed by atoms with Crippen molar-refractivity contribution in [1.82, 2.24) is 19.9 Å². The molecule has 0 spiro atoms. The molecule has 0 atom stereocenters. The lowest BCUT2D eigenvalue weighted by Gasteiger charge is -2.26. The summed E-state index contributed by atoms with van der Waals surface area (Å²) < 4.78 is 0. The molecule has 5 rings (SSSR count). The Labute approximate surface area is 187 Å². The van der Waals surface area contributed by atoms with Gasteiger partial charge < -0.3 is 4.90 Å². The highest BCUT2D eigenvalue weighted by Crippen LogP contribution is 2.36. The molecule has 0 N–H and O–H groups in total. The number of anilines is 3. The highest BCUT2D eigenvalue weighted by molar-refractivity contribution is 5.79. The Morgan fingerprint density at radius 1 is 0.500 bits per heavy atom. The Hall–Kier alpha value is -4.38. The molecule has 2 aromatic heterocycles. The van der Waals surface area contributed by atoms with Gasteiger partial charge in [0.25, 0.3) is 0 Å². The van der Waals surface area contributed by atoms with Gasteiger partial charge in [-0.3, -0.25) is 4.98 Å². The third-order valence-electron chi connectivity index (χ3n) is 5.31. The van der Waals surface area contributed by atoms with Gasteiger partial charge in [-0.25, -0.2) is 15.0 Å². The second-order valence-electron chi connectivity index (χ2n) is 7.46. The standard InChI is InChI=1S/C27H21N5/c1-20-2-8-24(9-3-20)32(25-10-4-21(5-11-25)22-14-16-28-17-15-22)26-12-6-23(7-13-26)27-30-18-29-19-31-27/h2-19H,1H3. The molecule has 0 unspecified atom stereocenters. The summed E-state index contributed by atoms with van der Waals surface area (Å²) in [5.41, 5.74) is 7.73. The molecular weight excluding hydrogens is 394 g/mol. The van der Waals surface area contributed by atoms with E-state index in [9.17, 15) is 0 Å². The lowest BCUT2D eigenvalue weighted by atomic mass is 10.1. The normalized spacial score (nSPS) is 10.7. The summed E-state index contributed by atoms with van der Waals surface area (Å²) in [7, 11) is 0. The molecule has 0 saturated carbocycles. The van der Waals surface area contributed by atoms with E-state index >= 15 is 0 Å². The van der Waals surface area contributed by atoms with E-state index in [0.717, 1.165) is 33.8 Å². The first-order valence-corrected chi connectivity index (χ1v) is 10.4. The van der Waals surface area contributed by atoms with E-state index in [1.165, 1.54) is 18.2 Å². The fourth-order valence-electron chi connectivity index (χ4n) is 3.64. The first-order chi connectivity index (χ1) is 15.8. The molecular formula is C27H21N5. The molecule has 5 aromatic rings. The van der Waals surface area contributed by atoms with Crippen molar-refractivity contribution in [2.45, 2.75) is 6.92 Å². The third-order valence-corrected chi connectivity index (χ3v) is 5.31. The van der Waals surface area contributed by atoms with Crippen molar-refractivity contribution in [3.05, 3.63) is 116 Å². The summed E-state index contributed by atoms with van der Waals surface area (Å²) >= 11 is 0. The molecule has 0 fully saturated rings. The zero-order valence-corrected chi connectivity index (χ0v) is 17.6. The monoisotopic (exact) mass is 415 g/mol. The molecule has 0 aliphatic carbocycles. The molecule has 3 aromatic carbocycles. The predicted octanol–water partition coefficient (Wildman–Crippen LogP) is 6.38.